The van der Waals surface area contributed by atoms with E-state index < -0.39 is 0 Å². The largest absolute Gasteiger partial charge is 0.360 e. The van der Waals surface area contributed by atoms with Gasteiger partial charge in [-0.3, -0.25) is 0 Å². The number of rotatable bonds is 5. The van der Waals surface area contributed by atoms with Gasteiger partial charge in [0.25, 0.3) is 5.95 Å². The van der Waals surface area contributed by atoms with E-state index in [0.29, 0.717) is 17.6 Å². The van der Waals surface area contributed by atoms with E-state index in [1.807, 2.05) is 49.1 Å². The fraction of sp³-hybridized carbons (Fsp3) is 0.200. The van der Waals surface area contributed by atoms with Crippen molar-refractivity contribution in [1.29, 1.82) is 0 Å². The van der Waals surface area contributed by atoms with Crippen molar-refractivity contribution in [3.63, 3.8) is 0 Å². The lowest BCUT2D eigenvalue weighted by molar-refractivity contribution is 0.400. The highest BCUT2D eigenvalue weighted by Crippen LogP contribution is 2.22. The van der Waals surface area contributed by atoms with Crippen LogP contribution in [0, 0.1) is 6.92 Å². The van der Waals surface area contributed by atoms with Gasteiger partial charge >= 0.3 is 0 Å². The molecule has 0 saturated heterocycles. The van der Waals surface area contributed by atoms with E-state index in [-0.39, 0.29) is 0 Å². The summed E-state index contributed by atoms with van der Waals surface area (Å²) in [5.74, 6) is 2.41. The number of hydrogen-bond donors (Lipinski definition) is 1. The topological polar surface area (TPSA) is 80.0 Å². The van der Waals surface area contributed by atoms with Gasteiger partial charge in [-0.15, -0.1) is 5.10 Å². The third-order valence-electron chi connectivity index (χ3n) is 3.06. The molecule has 7 nitrogen and oxygen atoms in total. The number of benzene rings is 1. The molecule has 0 saturated carbocycles. The van der Waals surface area contributed by atoms with E-state index in [1.54, 1.807) is 12.3 Å². The van der Waals surface area contributed by atoms with Crippen LogP contribution in [0.5, 0.6) is 0 Å². The molecule has 1 aromatic carbocycles. The Bertz CT molecular complexity index is 743. The van der Waals surface area contributed by atoms with Crippen LogP contribution in [0.1, 0.15) is 12.7 Å². The molecule has 0 fully saturated rings. The zero-order valence-electron chi connectivity index (χ0n) is 12.4. The van der Waals surface area contributed by atoms with Gasteiger partial charge in [-0.2, -0.15) is 10.1 Å². The number of nitrogens with one attached hydrogen (secondary N) is 1. The first-order valence-electron chi connectivity index (χ1n) is 6.99. The van der Waals surface area contributed by atoms with Gasteiger partial charge in [0.1, 0.15) is 5.76 Å². The van der Waals surface area contributed by atoms with Crippen molar-refractivity contribution in [3.8, 4) is 0 Å². The molecular weight excluding hydrogens is 280 g/mol. The molecule has 0 amide bonds. The summed E-state index contributed by atoms with van der Waals surface area (Å²) in [5.41, 5.74) is 1.02. The summed E-state index contributed by atoms with van der Waals surface area (Å²) in [6.07, 6.45) is 1.55. The Morgan fingerprint density at radius 1 is 1.18 bits per heavy atom. The first-order chi connectivity index (χ1) is 10.8. The van der Waals surface area contributed by atoms with Crippen LogP contribution in [0.2, 0.25) is 0 Å². The molecule has 2 aromatic heterocycles. The van der Waals surface area contributed by atoms with Crippen LogP contribution >= 0.6 is 0 Å². The Hall–Kier alpha value is -2.96. The van der Waals surface area contributed by atoms with Crippen molar-refractivity contribution in [2.24, 2.45) is 0 Å². The van der Waals surface area contributed by atoms with Crippen molar-refractivity contribution in [1.82, 2.24) is 20.3 Å². The second-order valence-corrected chi connectivity index (χ2v) is 4.67. The third kappa shape index (κ3) is 3.03. The molecule has 0 unspecified atom stereocenters. The Kier molecular flexibility index (Phi) is 3.95. The fourth-order valence-electron chi connectivity index (χ4n) is 2.07. The van der Waals surface area contributed by atoms with Gasteiger partial charge in [-0.05, 0) is 26.0 Å². The molecule has 1 N–H and O–H groups in total. The molecule has 2 heterocycles. The molecular formula is C15H16N6O. The lowest BCUT2D eigenvalue weighted by Crippen LogP contribution is -2.19. The molecule has 3 aromatic rings. The maximum Gasteiger partial charge on any atom is 0.251 e. The van der Waals surface area contributed by atoms with Gasteiger partial charge in [0.15, 0.2) is 11.6 Å². The lowest BCUT2D eigenvalue weighted by Gasteiger charge is -2.20. The van der Waals surface area contributed by atoms with Crippen LogP contribution < -0.4 is 10.2 Å². The normalized spacial score (nSPS) is 10.5. The molecule has 0 radical (unpaired) electrons. The molecule has 0 bridgehead atoms. The number of nitrogens with zero attached hydrogens (tertiary/aromatic N) is 5. The summed E-state index contributed by atoms with van der Waals surface area (Å²) in [6, 6.07) is 11.7. The Balaban J connectivity index is 1.86. The highest BCUT2D eigenvalue weighted by atomic mass is 16.5. The molecule has 0 spiro atoms. The molecule has 0 atom stereocenters. The van der Waals surface area contributed by atoms with Gasteiger partial charge in [-0.1, -0.05) is 23.4 Å². The Labute approximate surface area is 128 Å². The van der Waals surface area contributed by atoms with Crippen LogP contribution in [0.15, 0.2) is 47.1 Å². The summed E-state index contributed by atoms with van der Waals surface area (Å²) in [5, 5.41) is 15.0. The molecule has 0 aliphatic rings. The average Bonchev–Trinajstić information content (AvgIpc) is 2.95. The SMILES string of the molecule is CCN(c1ccccc1)c1nncc(Nc2cc(C)on2)n1. The van der Waals surface area contributed by atoms with Crippen LogP contribution in [0.3, 0.4) is 0 Å². The third-order valence-corrected chi connectivity index (χ3v) is 3.06. The van der Waals surface area contributed by atoms with Crippen LogP contribution in [0.4, 0.5) is 23.3 Å². The lowest BCUT2D eigenvalue weighted by atomic mass is 10.3. The number of aromatic nitrogens is 4. The van der Waals surface area contributed by atoms with E-state index in [2.05, 4.69) is 25.7 Å². The van der Waals surface area contributed by atoms with Crippen LogP contribution in [0.25, 0.3) is 0 Å². The maximum atomic E-state index is 5.02. The highest BCUT2D eigenvalue weighted by Gasteiger charge is 2.12. The summed E-state index contributed by atoms with van der Waals surface area (Å²) in [7, 11) is 0. The zero-order valence-corrected chi connectivity index (χ0v) is 12.4. The first-order valence-corrected chi connectivity index (χ1v) is 6.99. The summed E-state index contributed by atoms with van der Waals surface area (Å²) < 4.78 is 5.02. The molecule has 112 valence electrons. The van der Waals surface area contributed by atoms with Gasteiger partial charge in [0, 0.05) is 18.3 Å². The monoisotopic (exact) mass is 296 g/mol. The zero-order chi connectivity index (χ0) is 15.4. The number of anilines is 4. The predicted octanol–water partition coefficient (Wildman–Crippen LogP) is 3.07. The second kappa shape index (κ2) is 6.21. The summed E-state index contributed by atoms with van der Waals surface area (Å²) in [4.78, 5) is 6.46. The summed E-state index contributed by atoms with van der Waals surface area (Å²) in [6.45, 7) is 4.60. The van der Waals surface area contributed by atoms with E-state index >= 15 is 0 Å². The van der Waals surface area contributed by atoms with E-state index in [1.165, 1.54) is 0 Å². The second-order valence-electron chi connectivity index (χ2n) is 4.67. The first kappa shape index (κ1) is 14.0. The van der Waals surface area contributed by atoms with Gasteiger partial charge in [0.05, 0.1) is 6.20 Å². The van der Waals surface area contributed by atoms with Crippen molar-refractivity contribution in [2.75, 3.05) is 16.8 Å². The number of aryl methyl sites for hydroxylation is 1. The maximum absolute atomic E-state index is 5.02. The molecule has 22 heavy (non-hydrogen) atoms. The fourth-order valence-corrected chi connectivity index (χ4v) is 2.07. The van der Waals surface area contributed by atoms with E-state index in [4.69, 9.17) is 4.52 Å². The quantitative estimate of drug-likeness (QED) is 0.775. The predicted molar refractivity (Wildman–Crippen MR) is 83.5 cm³/mol. The Morgan fingerprint density at radius 3 is 2.68 bits per heavy atom. The van der Waals surface area contributed by atoms with Gasteiger partial charge in [0.2, 0.25) is 0 Å². The van der Waals surface area contributed by atoms with Crippen molar-refractivity contribution < 1.29 is 4.52 Å². The van der Waals surface area contributed by atoms with Crippen LogP contribution in [-0.4, -0.2) is 26.9 Å². The highest BCUT2D eigenvalue weighted by molar-refractivity contribution is 5.59. The van der Waals surface area contributed by atoms with Crippen molar-refractivity contribution in [3.05, 3.63) is 48.4 Å². The summed E-state index contributed by atoms with van der Waals surface area (Å²) >= 11 is 0. The smallest absolute Gasteiger partial charge is 0.251 e. The van der Waals surface area contributed by atoms with E-state index in [0.717, 1.165) is 18.0 Å². The van der Waals surface area contributed by atoms with Gasteiger partial charge in [-0.25, -0.2) is 0 Å². The minimum Gasteiger partial charge on any atom is -0.360 e. The standard InChI is InChI=1S/C15H16N6O/c1-3-21(12-7-5-4-6-8-12)15-18-14(10-16-19-15)17-13-9-11(2)22-20-13/h4-10H,3H2,1-2H3,(H,17,18,19,20). The molecule has 7 heteroatoms. The van der Waals surface area contributed by atoms with Crippen molar-refractivity contribution in [2.45, 2.75) is 13.8 Å². The number of hydrogen-bond acceptors (Lipinski definition) is 7. The minimum absolute atomic E-state index is 0.527. The number of para-hydroxylation sites is 1. The average molecular weight is 296 g/mol. The van der Waals surface area contributed by atoms with Crippen LogP contribution in [-0.2, 0) is 0 Å². The minimum atomic E-state index is 0.527. The molecule has 0 aliphatic heterocycles. The molecule has 0 aliphatic carbocycles. The van der Waals surface area contributed by atoms with Gasteiger partial charge < -0.3 is 14.7 Å². The molecule has 3 rings (SSSR count). The van der Waals surface area contributed by atoms with Crippen molar-refractivity contribution >= 4 is 23.3 Å². The van der Waals surface area contributed by atoms with E-state index in [9.17, 15) is 0 Å². The Morgan fingerprint density at radius 2 is 2.00 bits per heavy atom.